The summed E-state index contributed by atoms with van der Waals surface area (Å²) in [6.07, 6.45) is 2.31. The van der Waals surface area contributed by atoms with Crippen LogP contribution in [0.3, 0.4) is 0 Å². The van der Waals surface area contributed by atoms with Crippen LogP contribution in [-0.2, 0) is 4.74 Å². The van der Waals surface area contributed by atoms with Gasteiger partial charge in [-0.2, -0.15) is 0 Å². The van der Waals surface area contributed by atoms with Crippen molar-refractivity contribution in [3.63, 3.8) is 0 Å². The molecule has 0 aliphatic heterocycles. The van der Waals surface area contributed by atoms with Gasteiger partial charge in [0.1, 0.15) is 5.75 Å². The van der Waals surface area contributed by atoms with Gasteiger partial charge < -0.3 is 20.1 Å². The maximum absolute atomic E-state index is 5.80. The van der Waals surface area contributed by atoms with Crippen LogP contribution in [0.5, 0.6) is 5.75 Å². The van der Waals surface area contributed by atoms with Crippen LogP contribution in [0.15, 0.2) is 24.3 Å². The molecule has 2 N–H and O–H groups in total. The Balaban J connectivity index is 2.13. The van der Waals surface area contributed by atoms with Crippen LogP contribution in [0.2, 0.25) is 0 Å². The fraction of sp³-hybridized carbons (Fsp3) is 0.684. The van der Waals surface area contributed by atoms with Crippen molar-refractivity contribution >= 4 is 5.69 Å². The highest BCUT2D eigenvalue weighted by Gasteiger charge is 1.99. The second-order valence-corrected chi connectivity index (χ2v) is 6.56. The van der Waals surface area contributed by atoms with E-state index in [9.17, 15) is 0 Å². The summed E-state index contributed by atoms with van der Waals surface area (Å²) in [5.41, 5.74) is 1.08. The second kappa shape index (κ2) is 12.2. The molecule has 0 bridgehead atoms. The van der Waals surface area contributed by atoms with Crippen LogP contribution in [0.1, 0.15) is 40.5 Å². The highest BCUT2D eigenvalue weighted by atomic mass is 16.5. The zero-order valence-corrected chi connectivity index (χ0v) is 15.2. The second-order valence-electron chi connectivity index (χ2n) is 6.56. The van der Waals surface area contributed by atoms with Gasteiger partial charge in [0.15, 0.2) is 0 Å². The molecule has 0 amide bonds. The van der Waals surface area contributed by atoms with Gasteiger partial charge in [0.25, 0.3) is 0 Å². The monoisotopic (exact) mass is 322 g/mol. The molecule has 0 radical (unpaired) electrons. The average molecular weight is 322 g/mol. The number of rotatable bonds is 13. The van der Waals surface area contributed by atoms with Crippen LogP contribution in [0.25, 0.3) is 0 Å². The van der Waals surface area contributed by atoms with Crippen molar-refractivity contribution in [2.24, 2.45) is 5.92 Å². The molecule has 1 rings (SSSR count). The Hall–Kier alpha value is -1.26. The molecule has 0 atom stereocenters. The van der Waals surface area contributed by atoms with Gasteiger partial charge in [-0.1, -0.05) is 33.8 Å². The van der Waals surface area contributed by atoms with Gasteiger partial charge in [-0.3, -0.25) is 0 Å². The molecule has 0 fully saturated rings. The molecule has 0 spiro atoms. The van der Waals surface area contributed by atoms with E-state index in [4.69, 9.17) is 9.47 Å². The predicted octanol–water partition coefficient (Wildman–Crippen LogP) is 3.93. The molecule has 0 aromatic heterocycles. The highest BCUT2D eigenvalue weighted by molar-refractivity contribution is 5.48. The molecule has 0 aliphatic rings. The van der Waals surface area contributed by atoms with Crippen molar-refractivity contribution in [3.8, 4) is 5.75 Å². The Morgan fingerprint density at radius 2 is 1.78 bits per heavy atom. The number of ether oxygens (including phenoxy) is 2. The van der Waals surface area contributed by atoms with Crippen molar-refractivity contribution in [2.45, 2.75) is 46.6 Å². The molecule has 0 heterocycles. The molecule has 132 valence electrons. The largest absolute Gasteiger partial charge is 0.494 e. The van der Waals surface area contributed by atoms with Gasteiger partial charge in [0.05, 0.1) is 19.8 Å². The van der Waals surface area contributed by atoms with Gasteiger partial charge in [-0.15, -0.1) is 0 Å². The first-order valence-electron chi connectivity index (χ1n) is 8.85. The van der Waals surface area contributed by atoms with E-state index in [-0.39, 0.29) is 0 Å². The molecule has 4 nitrogen and oxygen atoms in total. The minimum Gasteiger partial charge on any atom is -0.494 e. The molecular weight excluding hydrogens is 288 g/mol. The quantitative estimate of drug-likeness (QED) is 0.540. The van der Waals surface area contributed by atoms with Gasteiger partial charge in [0, 0.05) is 30.9 Å². The van der Waals surface area contributed by atoms with Gasteiger partial charge >= 0.3 is 0 Å². The summed E-state index contributed by atoms with van der Waals surface area (Å²) in [7, 11) is 0. The van der Waals surface area contributed by atoms with E-state index in [0.717, 1.165) is 50.1 Å². The molecule has 1 aromatic rings. The van der Waals surface area contributed by atoms with Crippen molar-refractivity contribution in [2.75, 3.05) is 38.2 Å². The molecule has 0 saturated carbocycles. The van der Waals surface area contributed by atoms with E-state index in [1.165, 1.54) is 6.42 Å². The van der Waals surface area contributed by atoms with Crippen LogP contribution >= 0.6 is 0 Å². The number of nitrogens with one attached hydrogen (secondary N) is 2. The summed E-state index contributed by atoms with van der Waals surface area (Å²) in [5.74, 6) is 1.67. The summed E-state index contributed by atoms with van der Waals surface area (Å²) in [5, 5.41) is 6.70. The van der Waals surface area contributed by atoms with E-state index in [1.807, 2.05) is 12.1 Å². The molecular formula is C19H34N2O2. The molecule has 4 heteroatoms. The molecule has 1 aromatic carbocycles. The van der Waals surface area contributed by atoms with Crippen molar-refractivity contribution < 1.29 is 9.47 Å². The summed E-state index contributed by atoms with van der Waals surface area (Å²) in [6, 6.07) is 8.65. The van der Waals surface area contributed by atoms with Crippen LogP contribution in [0.4, 0.5) is 5.69 Å². The Morgan fingerprint density at radius 3 is 2.52 bits per heavy atom. The zero-order chi connectivity index (χ0) is 16.9. The standard InChI is InChI=1S/C19H34N2O2/c1-16(2)7-6-12-23-19-9-5-8-18(15-19)21-11-14-22-13-10-20-17(3)4/h5,8-9,15-17,20-21H,6-7,10-14H2,1-4H3. The summed E-state index contributed by atoms with van der Waals surface area (Å²) in [6.45, 7) is 12.7. The van der Waals surface area contributed by atoms with E-state index in [0.29, 0.717) is 12.6 Å². The van der Waals surface area contributed by atoms with Crippen molar-refractivity contribution in [1.29, 1.82) is 0 Å². The van der Waals surface area contributed by atoms with Gasteiger partial charge in [-0.05, 0) is 30.9 Å². The third kappa shape index (κ3) is 11.0. The predicted molar refractivity (Wildman–Crippen MR) is 98.5 cm³/mol. The van der Waals surface area contributed by atoms with Gasteiger partial charge in [0.2, 0.25) is 0 Å². The minimum atomic E-state index is 0.514. The Morgan fingerprint density at radius 1 is 1.00 bits per heavy atom. The SMILES string of the molecule is CC(C)CCCOc1cccc(NCCOCCNC(C)C)c1. The Labute approximate surface area is 142 Å². The Kier molecular flexibility index (Phi) is 10.5. The highest BCUT2D eigenvalue weighted by Crippen LogP contribution is 2.17. The first-order valence-corrected chi connectivity index (χ1v) is 8.85. The lowest BCUT2D eigenvalue weighted by Gasteiger charge is -2.11. The lowest BCUT2D eigenvalue weighted by Crippen LogP contribution is -2.27. The van der Waals surface area contributed by atoms with Crippen molar-refractivity contribution in [1.82, 2.24) is 5.32 Å². The molecule has 0 unspecified atom stereocenters. The first-order chi connectivity index (χ1) is 11.1. The normalized spacial score (nSPS) is 11.2. The van der Waals surface area contributed by atoms with E-state index < -0.39 is 0 Å². The van der Waals surface area contributed by atoms with E-state index >= 15 is 0 Å². The lowest BCUT2D eigenvalue weighted by atomic mass is 10.1. The lowest BCUT2D eigenvalue weighted by molar-refractivity contribution is 0.144. The maximum Gasteiger partial charge on any atom is 0.121 e. The van der Waals surface area contributed by atoms with Gasteiger partial charge in [-0.25, -0.2) is 0 Å². The van der Waals surface area contributed by atoms with Crippen LogP contribution in [0, 0.1) is 5.92 Å². The summed E-state index contributed by atoms with van der Waals surface area (Å²) < 4.78 is 11.4. The van der Waals surface area contributed by atoms with Crippen LogP contribution in [-0.4, -0.2) is 39.0 Å². The van der Waals surface area contributed by atoms with E-state index in [2.05, 4.69) is 50.5 Å². The smallest absolute Gasteiger partial charge is 0.121 e. The fourth-order valence-corrected chi connectivity index (χ4v) is 2.17. The summed E-state index contributed by atoms with van der Waals surface area (Å²) >= 11 is 0. The minimum absolute atomic E-state index is 0.514. The molecule has 0 saturated heterocycles. The summed E-state index contributed by atoms with van der Waals surface area (Å²) in [4.78, 5) is 0. The fourth-order valence-electron chi connectivity index (χ4n) is 2.17. The number of anilines is 1. The molecule has 23 heavy (non-hydrogen) atoms. The zero-order valence-electron chi connectivity index (χ0n) is 15.2. The topological polar surface area (TPSA) is 42.5 Å². The third-order valence-corrected chi connectivity index (χ3v) is 3.40. The average Bonchev–Trinajstić information content (AvgIpc) is 2.50. The van der Waals surface area contributed by atoms with Crippen molar-refractivity contribution in [3.05, 3.63) is 24.3 Å². The number of hydrogen-bond acceptors (Lipinski definition) is 4. The molecule has 0 aliphatic carbocycles. The van der Waals surface area contributed by atoms with E-state index in [1.54, 1.807) is 0 Å². The maximum atomic E-state index is 5.80. The third-order valence-electron chi connectivity index (χ3n) is 3.40. The number of hydrogen-bond donors (Lipinski definition) is 2. The first kappa shape index (κ1) is 19.8. The van der Waals surface area contributed by atoms with Crippen LogP contribution < -0.4 is 15.4 Å². The number of benzene rings is 1. The Bertz CT molecular complexity index is 408.